The second-order valence-electron chi connectivity index (χ2n) is 6.36. The summed E-state index contributed by atoms with van der Waals surface area (Å²) in [6, 6.07) is 6.85. The number of rotatable bonds is 7. The minimum absolute atomic E-state index is 0.0956. The summed E-state index contributed by atoms with van der Waals surface area (Å²) in [6.45, 7) is 4.42. The molecule has 0 saturated heterocycles. The number of benzene rings is 1. The summed E-state index contributed by atoms with van der Waals surface area (Å²) in [4.78, 5) is 23.5. The molecule has 2 atom stereocenters. The number of hydrogen-bond donors (Lipinski definition) is 2. The molecule has 0 heterocycles. The van der Waals surface area contributed by atoms with Gasteiger partial charge in [0.15, 0.2) is 6.61 Å². The summed E-state index contributed by atoms with van der Waals surface area (Å²) in [6.07, 6.45) is 3.62. The van der Waals surface area contributed by atoms with Crippen molar-refractivity contribution in [3.05, 3.63) is 24.3 Å². The van der Waals surface area contributed by atoms with Gasteiger partial charge >= 0.3 is 0 Å². The lowest BCUT2D eigenvalue weighted by atomic mass is 9.78. The van der Waals surface area contributed by atoms with E-state index in [1.54, 1.807) is 24.3 Å². The van der Waals surface area contributed by atoms with E-state index >= 15 is 0 Å². The SMILES string of the molecule is CCO[C@]1(C(=O)Nc2ccc(OCC(N)=O)cc2)CCC[C@H](C)C1. The quantitative estimate of drug-likeness (QED) is 0.801. The van der Waals surface area contributed by atoms with Crippen LogP contribution in [0.5, 0.6) is 5.75 Å². The molecule has 1 aliphatic rings. The lowest BCUT2D eigenvalue weighted by Gasteiger charge is -2.38. The molecule has 0 unspecified atom stereocenters. The van der Waals surface area contributed by atoms with Crippen molar-refractivity contribution >= 4 is 17.5 Å². The highest BCUT2D eigenvalue weighted by Gasteiger charge is 2.42. The largest absolute Gasteiger partial charge is 0.484 e. The van der Waals surface area contributed by atoms with Crippen LogP contribution in [0, 0.1) is 5.92 Å². The highest BCUT2D eigenvalue weighted by atomic mass is 16.5. The van der Waals surface area contributed by atoms with E-state index in [0.29, 0.717) is 24.0 Å². The first-order chi connectivity index (χ1) is 11.4. The van der Waals surface area contributed by atoms with Crippen LogP contribution >= 0.6 is 0 Å². The van der Waals surface area contributed by atoms with Gasteiger partial charge in [-0.3, -0.25) is 9.59 Å². The Bertz CT molecular complexity index is 569. The molecule has 6 heteroatoms. The number of nitrogens with two attached hydrogens (primary N) is 1. The molecule has 0 spiro atoms. The second kappa shape index (κ2) is 8.15. The molecule has 1 aromatic carbocycles. The minimum atomic E-state index is -0.743. The summed E-state index contributed by atoms with van der Waals surface area (Å²) in [5.41, 5.74) is 4.97. The molecule has 3 N–H and O–H groups in total. The fourth-order valence-corrected chi connectivity index (χ4v) is 3.22. The third-order valence-corrected chi connectivity index (χ3v) is 4.28. The van der Waals surface area contributed by atoms with Crippen LogP contribution in [0.4, 0.5) is 5.69 Å². The number of nitrogens with one attached hydrogen (secondary N) is 1. The van der Waals surface area contributed by atoms with Gasteiger partial charge in [0.25, 0.3) is 11.8 Å². The number of amides is 2. The van der Waals surface area contributed by atoms with Crippen molar-refractivity contribution < 1.29 is 19.1 Å². The van der Waals surface area contributed by atoms with Gasteiger partial charge in [0.1, 0.15) is 11.4 Å². The van der Waals surface area contributed by atoms with Crippen molar-refractivity contribution in [1.29, 1.82) is 0 Å². The summed E-state index contributed by atoms with van der Waals surface area (Å²) in [5, 5.41) is 2.94. The van der Waals surface area contributed by atoms with E-state index in [1.807, 2.05) is 6.92 Å². The highest BCUT2D eigenvalue weighted by Crippen LogP contribution is 2.36. The number of primary amides is 1. The third-order valence-electron chi connectivity index (χ3n) is 4.28. The van der Waals surface area contributed by atoms with E-state index in [0.717, 1.165) is 25.7 Å². The van der Waals surface area contributed by atoms with Gasteiger partial charge in [-0.05, 0) is 56.4 Å². The summed E-state index contributed by atoms with van der Waals surface area (Å²) < 4.78 is 11.1. The second-order valence-corrected chi connectivity index (χ2v) is 6.36. The number of carbonyl (C=O) groups excluding carboxylic acids is 2. The fraction of sp³-hybridized carbons (Fsp3) is 0.556. The summed E-state index contributed by atoms with van der Waals surface area (Å²) in [5.74, 6) is 0.373. The van der Waals surface area contributed by atoms with E-state index in [4.69, 9.17) is 15.2 Å². The Morgan fingerprint density at radius 1 is 1.33 bits per heavy atom. The number of anilines is 1. The Balaban J connectivity index is 2.02. The average Bonchev–Trinajstić information content (AvgIpc) is 2.54. The van der Waals surface area contributed by atoms with E-state index in [9.17, 15) is 9.59 Å². The van der Waals surface area contributed by atoms with Crippen LogP contribution in [-0.4, -0.2) is 30.6 Å². The van der Waals surface area contributed by atoms with Crippen LogP contribution in [0.25, 0.3) is 0 Å². The maximum Gasteiger partial charge on any atom is 0.256 e. The minimum Gasteiger partial charge on any atom is -0.484 e. The first kappa shape index (κ1) is 18.3. The Hall–Kier alpha value is -2.08. The predicted octanol–water partition coefficient (Wildman–Crippen LogP) is 2.47. The molecule has 0 aromatic heterocycles. The van der Waals surface area contributed by atoms with E-state index in [-0.39, 0.29) is 12.5 Å². The lowest BCUT2D eigenvalue weighted by molar-refractivity contribution is -0.147. The van der Waals surface area contributed by atoms with Gasteiger partial charge in [-0.25, -0.2) is 0 Å². The zero-order chi connectivity index (χ0) is 17.6. The Morgan fingerprint density at radius 2 is 2.04 bits per heavy atom. The molecule has 1 aliphatic carbocycles. The summed E-state index contributed by atoms with van der Waals surface area (Å²) in [7, 11) is 0. The predicted molar refractivity (Wildman–Crippen MR) is 91.8 cm³/mol. The van der Waals surface area contributed by atoms with Crippen molar-refractivity contribution in [3.8, 4) is 5.75 Å². The first-order valence-electron chi connectivity index (χ1n) is 8.42. The van der Waals surface area contributed by atoms with Crippen molar-refractivity contribution in [2.75, 3.05) is 18.5 Å². The van der Waals surface area contributed by atoms with Gasteiger partial charge in [-0.15, -0.1) is 0 Å². The monoisotopic (exact) mass is 334 g/mol. The molecule has 0 aliphatic heterocycles. The highest BCUT2D eigenvalue weighted by molar-refractivity contribution is 5.97. The Kier molecular flexibility index (Phi) is 6.20. The molecule has 24 heavy (non-hydrogen) atoms. The van der Waals surface area contributed by atoms with Crippen LogP contribution in [0.1, 0.15) is 39.5 Å². The van der Waals surface area contributed by atoms with Crippen molar-refractivity contribution in [3.63, 3.8) is 0 Å². The van der Waals surface area contributed by atoms with Crippen LogP contribution in [0.3, 0.4) is 0 Å². The number of ether oxygens (including phenoxy) is 2. The molecule has 0 radical (unpaired) electrons. The zero-order valence-electron chi connectivity index (χ0n) is 14.3. The average molecular weight is 334 g/mol. The zero-order valence-corrected chi connectivity index (χ0v) is 14.3. The van der Waals surface area contributed by atoms with Gasteiger partial charge in [-0.1, -0.05) is 13.3 Å². The molecular formula is C18H26N2O4. The first-order valence-corrected chi connectivity index (χ1v) is 8.42. The maximum atomic E-state index is 12.8. The van der Waals surface area contributed by atoms with Gasteiger partial charge in [0, 0.05) is 12.3 Å². The van der Waals surface area contributed by atoms with Gasteiger partial charge in [-0.2, -0.15) is 0 Å². The molecule has 132 valence electrons. The van der Waals surface area contributed by atoms with Crippen LogP contribution < -0.4 is 15.8 Å². The van der Waals surface area contributed by atoms with Crippen LogP contribution in [-0.2, 0) is 14.3 Å². The standard InChI is InChI=1S/C18H26N2O4/c1-3-24-18(10-4-5-13(2)11-18)17(22)20-14-6-8-15(9-7-14)23-12-16(19)21/h6-9,13H,3-5,10-12H2,1-2H3,(H2,19,21)(H,20,22)/t13-,18+/m0/s1. The van der Waals surface area contributed by atoms with E-state index < -0.39 is 11.5 Å². The van der Waals surface area contributed by atoms with Gasteiger partial charge < -0.3 is 20.5 Å². The molecule has 2 rings (SSSR count). The molecule has 2 amide bonds. The third kappa shape index (κ3) is 4.71. The van der Waals surface area contributed by atoms with Gasteiger partial charge in [0.05, 0.1) is 0 Å². The molecule has 1 saturated carbocycles. The molecular weight excluding hydrogens is 308 g/mol. The van der Waals surface area contributed by atoms with Crippen molar-refractivity contribution in [1.82, 2.24) is 0 Å². The van der Waals surface area contributed by atoms with Gasteiger partial charge in [0.2, 0.25) is 0 Å². The van der Waals surface area contributed by atoms with E-state index in [2.05, 4.69) is 12.2 Å². The van der Waals surface area contributed by atoms with Crippen LogP contribution in [0.2, 0.25) is 0 Å². The normalized spacial score (nSPS) is 23.5. The topological polar surface area (TPSA) is 90.7 Å². The van der Waals surface area contributed by atoms with E-state index in [1.165, 1.54) is 0 Å². The molecule has 0 bridgehead atoms. The van der Waals surface area contributed by atoms with Crippen LogP contribution in [0.15, 0.2) is 24.3 Å². The fourth-order valence-electron chi connectivity index (χ4n) is 3.22. The smallest absolute Gasteiger partial charge is 0.256 e. The molecule has 1 fully saturated rings. The summed E-state index contributed by atoms with van der Waals surface area (Å²) >= 11 is 0. The Labute approximate surface area is 142 Å². The molecule has 1 aromatic rings. The number of carbonyl (C=O) groups is 2. The molecule has 6 nitrogen and oxygen atoms in total. The van der Waals surface area contributed by atoms with Crippen molar-refractivity contribution in [2.45, 2.75) is 45.1 Å². The number of hydrogen-bond acceptors (Lipinski definition) is 4. The Morgan fingerprint density at radius 3 is 2.62 bits per heavy atom. The van der Waals surface area contributed by atoms with Crippen molar-refractivity contribution in [2.24, 2.45) is 11.7 Å². The maximum absolute atomic E-state index is 12.8. The lowest BCUT2D eigenvalue weighted by Crippen LogP contribution is -2.48.